The summed E-state index contributed by atoms with van der Waals surface area (Å²) < 4.78 is 0. The third-order valence-electron chi connectivity index (χ3n) is 1.21. The van der Waals surface area contributed by atoms with Gasteiger partial charge in [0.05, 0.1) is 5.01 Å². The Morgan fingerprint density at radius 1 is 1.56 bits per heavy atom. The van der Waals surface area contributed by atoms with Crippen LogP contribution in [0.4, 0.5) is 0 Å². The molecule has 0 unspecified atom stereocenters. The van der Waals surface area contributed by atoms with E-state index in [4.69, 9.17) is 0 Å². The SMILES string of the molecule is Cc1ncc(C(C)C)s1. The van der Waals surface area contributed by atoms with Crippen molar-refractivity contribution in [1.82, 2.24) is 4.98 Å². The van der Waals surface area contributed by atoms with Gasteiger partial charge in [-0.3, -0.25) is 0 Å². The Bertz CT molecular complexity index is 191. The smallest absolute Gasteiger partial charge is 0.0896 e. The first-order valence-corrected chi connectivity index (χ1v) is 3.94. The molecule has 0 bridgehead atoms. The summed E-state index contributed by atoms with van der Waals surface area (Å²) in [5.41, 5.74) is 0. The molecule has 0 aliphatic carbocycles. The van der Waals surface area contributed by atoms with Crippen molar-refractivity contribution in [2.75, 3.05) is 0 Å². The van der Waals surface area contributed by atoms with Crippen molar-refractivity contribution in [1.29, 1.82) is 0 Å². The van der Waals surface area contributed by atoms with Crippen LogP contribution in [-0.4, -0.2) is 4.98 Å². The molecule has 1 heterocycles. The summed E-state index contributed by atoms with van der Waals surface area (Å²) in [5.74, 6) is 0.635. The summed E-state index contributed by atoms with van der Waals surface area (Å²) >= 11 is 1.78. The number of hydrogen-bond donors (Lipinski definition) is 0. The van der Waals surface area contributed by atoms with Gasteiger partial charge in [-0.05, 0) is 12.8 Å². The van der Waals surface area contributed by atoms with E-state index in [1.54, 1.807) is 11.3 Å². The maximum absolute atomic E-state index is 4.16. The van der Waals surface area contributed by atoms with Crippen molar-refractivity contribution in [3.8, 4) is 0 Å². The topological polar surface area (TPSA) is 12.9 Å². The zero-order chi connectivity index (χ0) is 6.85. The Hall–Kier alpha value is -0.370. The molecule has 0 radical (unpaired) electrons. The lowest BCUT2D eigenvalue weighted by atomic mass is 10.2. The number of aryl methyl sites for hydroxylation is 1. The predicted molar refractivity (Wildman–Crippen MR) is 40.9 cm³/mol. The Morgan fingerprint density at radius 2 is 2.22 bits per heavy atom. The third kappa shape index (κ3) is 1.52. The molecule has 2 heteroatoms. The molecule has 1 aromatic rings. The van der Waals surface area contributed by atoms with Crippen molar-refractivity contribution < 1.29 is 0 Å². The predicted octanol–water partition coefficient (Wildman–Crippen LogP) is 2.57. The van der Waals surface area contributed by atoms with Crippen LogP contribution in [0.2, 0.25) is 0 Å². The highest BCUT2D eigenvalue weighted by Gasteiger charge is 2.00. The van der Waals surface area contributed by atoms with Crippen LogP contribution in [0.3, 0.4) is 0 Å². The molecule has 0 spiro atoms. The van der Waals surface area contributed by atoms with E-state index in [1.807, 2.05) is 13.1 Å². The largest absolute Gasteiger partial charge is 0.250 e. The van der Waals surface area contributed by atoms with Crippen molar-refractivity contribution in [2.24, 2.45) is 0 Å². The first-order valence-electron chi connectivity index (χ1n) is 3.12. The minimum Gasteiger partial charge on any atom is -0.250 e. The van der Waals surface area contributed by atoms with Gasteiger partial charge in [-0.15, -0.1) is 11.3 Å². The zero-order valence-electron chi connectivity index (χ0n) is 6.01. The van der Waals surface area contributed by atoms with Crippen molar-refractivity contribution >= 4 is 11.3 Å². The van der Waals surface area contributed by atoms with Crippen LogP contribution < -0.4 is 0 Å². The van der Waals surface area contributed by atoms with Gasteiger partial charge in [-0.25, -0.2) is 4.98 Å². The minimum atomic E-state index is 0.635. The van der Waals surface area contributed by atoms with Crippen LogP contribution >= 0.6 is 11.3 Å². The molecular weight excluding hydrogens is 130 g/mol. The summed E-state index contributed by atoms with van der Waals surface area (Å²) in [5, 5.41) is 1.17. The second kappa shape index (κ2) is 2.48. The van der Waals surface area contributed by atoms with E-state index < -0.39 is 0 Å². The first kappa shape index (κ1) is 6.75. The van der Waals surface area contributed by atoms with E-state index in [0.717, 1.165) is 0 Å². The lowest BCUT2D eigenvalue weighted by Gasteiger charge is -1.94. The molecule has 0 fully saturated rings. The number of aromatic nitrogens is 1. The average Bonchev–Trinajstić information content (AvgIpc) is 2.14. The summed E-state index contributed by atoms with van der Waals surface area (Å²) in [6.45, 7) is 6.41. The summed E-state index contributed by atoms with van der Waals surface area (Å²) in [6, 6.07) is 0. The van der Waals surface area contributed by atoms with Gasteiger partial charge in [-0.1, -0.05) is 13.8 Å². The van der Waals surface area contributed by atoms with Crippen molar-refractivity contribution in [3.63, 3.8) is 0 Å². The molecular formula is C7H11NS. The molecule has 50 valence electrons. The van der Waals surface area contributed by atoms with E-state index in [-0.39, 0.29) is 0 Å². The van der Waals surface area contributed by atoms with Crippen LogP contribution in [0.1, 0.15) is 29.7 Å². The molecule has 0 saturated heterocycles. The van der Waals surface area contributed by atoms with Gasteiger partial charge in [0, 0.05) is 11.1 Å². The number of thiazole rings is 1. The summed E-state index contributed by atoms with van der Waals surface area (Å²) in [4.78, 5) is 5.54. The van der Waals surface area contributed by atoms with E-state index in [2.05, 4.69) is 18.8 Å². The Morgan fingerprint density at radius 3 is 2.44 bits per heavy atom. The first-order chi connectivity index (χ1) is 4.20. The maximum Gasteiger partial charge on any atom is 0.0896 e. The van der Waals surface area contributed by atoms with Gasteiger partial charge in [0.1, 0.15) is 0 Å². The van der Waals surface area contributed by atoms with Gasteiger partial charge in [0.15, 0.2) is 0 Å². The molecule has 0 aromatic carbocycles. The summed E-state index contributed by atoms with van der Waals surface area (Å²) in [6.07, 6.45) is 1.96. The summed E-state index contributed by atoms with van der Waals surface area (Å²) in [7, 11) is 0. The fourth-order valence-electron chi connectivity index (χ4n) is 0.645. The minimum absolute atomic E-state index is 0.635. The standard InChI is InChI=1S/C7H11NS/c1-5(2)7-4-8-6(3)9-7/h4-5H,1-3H3. The van der Waals surface area contributed by atoms with Gasteiger partial charge >= 0.3 is 0 Å². The Kier molecular flexibility index (Phi) is 1.86. The van der Waals surface area contributed by atoms with Crippen molar-refractivity contribution in [2.45, 2.75) is 26.7 Å². The number of nitrogens with zero attached hydrogens (tertiary/aromatic N) is 1. The van der Waals surface area contributed by atoms with Gasteiger partial charge < -0.3 is 0 Å². The highest BCUT2D eigenvalue weighted by molar-refractivity contribution is 7.11. The van der Waals surface area contributed by atoms with E-state index in [1.165, 1.54) is 9.88 Å². The molecule has 1 aromatic heterocycles. The fourth-order valence-corrected chi connectivity index (χ4v) is 1.43. The monoisotopic (exact) mass is 141 g/mol. The van der Waals surface area contributed by atoms with E-state index in [9.17, 15) is 0 Å². The van der Waals surface area contributed by atoms with Gasteiger partial charge in [0.25, 0.3) is 0 Å². The molecule has 0 aliphatic rings. The van der Waals surface area contributed by atoms with E-state index >= 15 is 0 Å². The lowest BCUT2D eigenvalue weighted by molar-refractivity contribution is 0.885. The maximum atomic E-state index is 4.16. The number of rotatable bonds is 1. The molecule has 0 N–H and O–H groups in total. The molecule has 9 heavy (non-hydrogen) atoms. The van der Waals surface area contributed by atoms with Crippen LogP contribution in [-0.2, 0) is 0 Å². The van der Waals surface area contributed by atoms with Crippen LogP contribution in [0.15, 0.2) is 6.20 Å². The number of hydrogen-bond acceptors (Lipinski definition) is 2. The highest BCUT2D eigenvalue weighted by Crippen LogP contribution is 2.20. The van der Waals surface area contributed by atoms with Crippen LogP contribution in [0.5, 0.6) is 0 Å². The fraction of sp³-hybridized carbons (Fsp3) is 0.571. The Balaban J connectivity index is 2.85. The van der Waals surface area contributed by atoms with E-state index in [0.29, 0.717) is 5.92 Å². The normalized spacial score (nSPS) is 10.7. The molecule has 1 nitrogen and oxygen atoms in total. The van der Waals surface area contributed by atoms with Crippen molar-refractivity contribution in [3.05, 3.63) is 16.1 Å². The van der Waals surface area contributed by atoms with Gasteiger partial charge in [0.2, 0.25) is 0 Å². The quantitative estimate of drug-likeness (QED) is 0.585. The third-order valence-corrected chi connectivity index (χ3v) is 2.42. The Labute approximate surface area is 59.8 Å². The van der Waals surface area contributed by atoms with Gasteiger partial charge in [-0.2, -0.15) is 0 Å². The van der Waals surface area contributed by atoms with Crippen LogP contribution in [0.25, 0.3) is 0 Å². The molecule has 0 aliphatic heterocycles. The second-order valence-corrected chi connectivity index (χ2v) is 3.70. The molecule has 0 atom stereocenters. The van der Waals surface area contributed by atoms with Crippen LogP contribution in [0, 0.1) is 6.92 Å². The molecule has 0 saturated carbocycles. The highest BCUT2D eigenvalue weighted by atomic mass is 32.1. The average molecular weight is 141 g/mol. The lowest BCUT2D eigenvalue weighted by Crippen LogP contribution is -1.77. The second-order valence-electron chi connectivity index (χ2n) is 2.44. The zero-order valence-corrected chi connectivity index (χ0v) is 6.83. The molecule has 0 amide bonds. The molecule has 1 rings (SSSR count).